The number of aromatic nitrogens is 1. The third-order valence-corrected chi connectivity index (χ3v) is 3.48. The number of hydrogen-bond acceptors (Lipinski definition) is 4. The van der Waals surface area contributed by atoms with E-state index >= 15 is 0 Å². The molecule has 1 N–H and O–H groups in total. The Bertz CT molecular complexity index is 459. The highest BCUT2D eigenvalue weighted by Crippen LogP contribution is 2.29. The molecule has 1 saturated heterocycles. The third kappa shape index (κ3) is 3.21. The van der Waals surface area contributed by atoms with Gasteiger partial charge in [0.1, 0.15) is 5.82 Å². The fourth-order valence-corrected chi connectivity index (χ4v) is 2.17. The van der Waals surface area contributed by atoms with Crippen LogP contribution in [0.3, 0.4) is 0 Å². The Morgan fingerprint density at radius 2 is 2.17 bits per heavy atom. The van der Waals surface area contributed by atoms with Gasteiger partial charge in [0.05, 0.1) is 11.6 Å². The standard InChI is InChI=1S/C14H19N3O/c1-11-7-12(9-15)8-13(17-11)16-10-14(2)3-5-18-6-4-14/h7-8H,3-6,10H2,1-2H3,(H,16,17). The number of hydrogen-bond donors (Lipinski definition) is 1. The van der Waals surface area contributed by atoms with Gasteiger partial charge in [-0.2, -0.15) is 5.26 Å². The van der Waals surface area contributed by atoms with Crippen LogP contribution in [0.2, 0.25) is 0 Å². The fourth-order valence-electron chi connectivity index (χ4n) is 2.17. The second-order valence-corrected chi connectivity index (χ2v) is 5.27. The van der Waals surface area contributed by atoms with Gasteiger partial charge in [0.2, 0.25) is 0 Å². The van der Waals surface area contributed by atoms with Gasteiger partial charge in [-0.1, -0.05) is 6.92 Å². The largest absolute Gasteiger partial charge is 0.381 e. The van der Waals surface area contributed by atoms with E-state index in [0.29, 0.717) is 5.56 Å². The van der Waals surface area contributed by atoms with Crippen LogP contribution in [0.4, 0.5) is 5.82 Å². The van der Waals surface area contributed by atoms with Crippen LogP contribution in [-0.4, -0.2) is 24.7 Å². The van der Waals surface area contributed by atoms with E-state index in [-0.39, 0.29) is 5.41 Å². The smallest absolute Gasteiger partial charge is 0.127 e. The van der Waals surface area contributed by atoms with Crippen LogP contribution < -0.4 is 5.32 Å². The van der Waals surface area contributed by atoms with Crippen molar-refractivity contribution in [1.82, 2.24) is 4.98 Å². The van der Waals surface area contributed by atoms with Crippen molar-refractivity contribution in [1.29, 1.82) is 5.26 Å². The van der Waals surface area contributed by atoms with Crippen LogP contribution in [-0.2, 0) is 4.74 Å². The summed E-state index contributed by atoms with van der Waals surface area (Å²) in [5.41, 5.74) is 1.78. The van der Waals surface area contributed by atoms with Crippen molar-refractivity contribution in [3.05, 3.63) is 23.4 Å². The summed E-state index contributed by atoms with van der Waals surface area (Å²) in [5, 5.41) is 12.3. The summed E-state index contributed by atoms with van der Waals surface area (Å²) in [6.07, 6.45) is 2.13. The van der Waals surface area contributed by atoms with E-state index in [1.807, 2.05) is 6.92 Å². The summed E-state index contributed by atoms with van der Waals surface area (Å²) >= 11 is 0. The van der Waals surface area contributed by atoms with E-state index in [2.05, 4.69) is 23.3 Å². The van der Waals surface area contributed by atoms with Gasteiger partial charge in [-0.3, -0.25) is 0 Å². The van der Waals surface area contributed by atoms with Gasteiger partial charge in [0.25, 0.3) is 0 Å². The minimum absolute atomic E-state index is 0.260. The van der Waals surface area contributed by atoms with Gasteiger partial charge >= 0.3 is 0 Å². The molecule has 1 aliphatic rings. The number of anilines is 1. The molecule has 0 bridgehead atoms. The highest BCUT2D eigenvalue weighted by Gasteiger charge is 2.27. The lowest BCUT2D eigenvalue weighted by Gasteiger charge is -2.33. The Morgan fingerprint density at radius 3 is 2.83 bits per heavy atom. The van der Waals surface area contributed by atoms with Gasteiger partial charge in [0, 0.05) is 25.5 Å². The van der Waals surface area contributed by atoms with E-state index in [1.54, 1.807) is 12.1 Å². The SMILES string of the molecule is Cc1cc(C#N)cc(NCC2(C)CCOCC2)n1. The van der Waals surface area contributed by atoms with Crippen molar-refractivity contribution < 1.29 is 4.74 Å². The third-order valence-electron chi connectivity index (χ3n) is 3.48. The fraction of sp³-hybridized carbons (Fsp3) is 0.571. The number of nitrogens with zero attached hydrogens (tertiary/aromatic N) is 2. The molecule has 18 heavy (non-hydrogen) atoms. The quantitative estimate of drug-likeness (QED) is 0.888. The van der Waals surface area contributed by atoms with Crippen molar-refractivity contribution in [3.63, 3.8) is 0 Å². The van der Waals surface area contributed by atoms with Gasteiger partial charge in [-0.05, 0) is 37.3 Å². The lowest BCUT2D eigenvalue weighted by atomic mass is 9.82. The van der Waals surface area contributed by atoms with Crippen molar-refractivity contribution >= 4 is 5.82 Å². The van der Waals surface area contributed by atoms with E-state index in [0.717, 1.165) is 44.1 Å². The summed E-state index contributed by atoms with van der Waals surface area (Å²) < 4.78 is 5.39. The maximum atomic E-state index is 8.93. The first-order chi connectivity index (χ1) is 8.61. The number of aryl methyl sites for hydroxylation is 1. The van der Waals surface area contributed by atoms with Gasteiger partial charge < -0.3 is 10.1 Å². The molecule has 2 rings (SSSR count). The average Bonchev–Trinajstić information content (AvgIpc) is 2.37. The second-order valence-electron chi connectivity index (χ2n) is 5.27. The van der Waals surface area contributed by atoms with Crippen LogP contribution in [0.5, 0.6) is 0 Å². The van der Waals surface area contributed by atoms with Crippen LogP contribution in [0.25, 0.3) is 0 Å². The highest BCUT2D eigenvalue weighted by atomic mass is 16.5. The van der Waals surface area contributed by atoms with E-state index < -0.39 is 0 Å². The van der Waals surface area contributed by atoms with Crippen molar-refractivity contribution in [3.8, 4) is 6.07 Å². The van der Waals surface area contributed by atoms with Crippen molar-refractivity contribution in [2.24, 2.45) is 5.41 Å². The molecule has 1 aromatic heterocycles. The average molecular weight is 245 g/mol. The lowest BCUT2D eigenvalue weighted by molar-refractivity contribution is 0.0300. The Labute approximate surface area is 108 Å². The monoisotopic (exact) mass is 245 g/mol. The summed E-state index contributed by atoms with van der Waals surface area (Å²) in [6, 6.07) is 5.75. The minimum Gasteiger partial charge on any atom is -0.381 e. The van der Waals surface area contributed by atoms with E-state index in [4.69, 9.17) is 10.00 Å². The second kappa shape index (κ2) is 5.36. The Morgan fingerprint density at radius 1 is 1.44 bits per heavy atom. The predicted molar refractivity (Wildman–Crippen MR) is 70.3 cm³/mol. The maximum Gasteiger partial charge on any atom is 0.127 e. The molecule has 0 radical (unpaired) electrons. The highest BCUT2D eigenvalue weighted by molar-refractivity contribution is 5.44. The molecule has 4 nitrogen and oxygen atoms in total. The van der Waals surface area contributed by atoms with Gasteiger partial charge in [-0.15, -0.1) is 0 Å². The zero-order valence-electron chi connectivity index (χ0n) is 11.0. The first-order valence-corrected chi connectivity index (χ1v) is 6.32. The molecule has 1 aliphatic heterocycles. The van der Waals surface area contributed by atoms with E-state index in [1.165, 1.54) is 0 Å². The molecule has 0 amide bonds. The maximum absolute atomic E-state index is 8.93. The lowest BCUT2D eigenvalue weighted by Crippen LogP contribution is -2.33. The van der Waals surface area contributed by atoms with Gasteiger partial charge in [-0.25, -0.2) is 4.98 Å². The molecule has 0 unspecified atom stereocenters. The molecule has 0 saturated carbocycles. The summed E-state index contributed by atoms with van der Waals surface area (Å²) in [5.74, 6) is 0.791. The number of ether oxygens (including phenoxy) is 1. The van der Waals surface area contributed by atoms with Gasteiger partial charge in [0.15, 0.2) is 0 Å². The molecule has 1 aromatic rings. The number of pyridine rings is 1. The van der Waals surface area contributed by atoms with Crippen LogP contribution >= 0.6 is 0 Å². The summed E-state index contributed by atoms with van der Waals surface area (Å²) in [7, 11) is 0. The molecule has 4 heteroatoms. The minimum atomic E-state index is 0.260. The molecule has 0 spiro atoms. The predicted octanol–water partition coefficient (Wildman–Crippen LogP) is 2.49. The number of rotatable bonds is 3. The number of nitriles is 1. The number of nitrogens with one attached hydrogen (secondary N) is 1. The Hall–Kier alpha value is -1.60. The zero-order valence-corrected chi connectivity index (χ0v) is 11.0. The molecule has 0 aromatic carbocycles. The molecule has 0 atom stereocenters. The molecule has 0 aliphatic carbocycles. The van der Waals surface area contributed by atoms with Crippen LogP contribution in [0.15, 0.2) is 12.1 Å². The van der Waals surface area contributed by atoms with Crippen LogP contribution in [0, 0.1) is 23.7 Å². The Balaban J connectivity index is 2.01. The molecule has 96 valence electrons. The van der Waals surface area contributed by atoms with Crippen molar-refractivity contribution in [2.45, 2.75) is 26.7 Å². The Kier molecular flexibility index (Phi) is 3.83. The molecular weight excluding hydrogens is 226 g/mol. The molecule has 2 heterocycles. The summed E-state index contributed by atoms with van der Waals surface area (Å²) in [4.78, 5) is 4.40. The molecular formula is C14H19N3O. The molecule has 1 fully saturated rings. The van der Waals surface area contributed by atoms with E-state index in [9.17, 15) is 0 Å². The normalized spacial score (nSPS) is 18.1. The topological polar surface area (TPSA) is 57.9 Å². The summed E-state index contributed by atoms with van der Waals surface area (Å²) in [6.45, 7) is 6.72. The van der Waals surface area contributed by atoms with Crippen LogP contribution in [0.1, 0.15) is 31.0 Å². The first kappa shape index (κ1) is 12.8. The zero-order chi connectivity index (χ0) is 13.0. The first-order valence-electron chi connectivity index (χ1n) is 6.32. The van der Waals surface area contributed by atoms with Crippen molar-refractivity contribution in [2.75, 3.05) is 25.1 Å².